The van der Waals surface area contributed by atoms with Gasteiger partial charge in [0.05, 0.1) is 0 Å². The number of hydrogen-bond donors (Lipinski definition) is 0. The van der Waals surface area contributed by atoms with E-state index in [0.717, 1.165) is 17.6 Å². The standard InChI is InChI=1S/C10H20OSe/c1-3-5-6-7-8-9-10(12)11-4-2/h3-9H2,1-2H3. The van der Waals surface area contributed by atoms with Crippen LogP contribution in [-0.4, -0.2) is 26.8 Å². The molecule has 2 heteroatoms. The molecule has 0 amide bonds. The van der Waals surface area contributed by atoms with E-state index in [4.69, 9.17) is 4.74 Å². The van der Waals surface area contributed by atoms with E-state index < -0.39 is 0 Å². The molecule has 0 atom stereocenters. The first-order chi connectivity index (χ1) is 5.81. The molecular weight excluding hydrogens is 215 g/mol. The predicted octanol–water partition coefficient (Wildman–Crippen LogP) is 2.68. The Morgan fingerprint density at radius 2 is 1.75 bits per heavy atom. The third-order valence-corrected chi connectivity index (χ3v) is 2.47. The molecule has 0 aliphatic carbocycles. The summed E-state index contributed by atoms with van der Waals surface area (Å²) in [6.45, 7) is 5.05. The number of ether oxygens (including phenoxy) is 1. The van der Waals surface area contributed by atoms with Crippen LogP contribution >= 0.6 is 0 Å². The molecule has 12 heavy (non-hydrogen) atoms. The van der Waals surface area contributed by atoms with Crippen LogP contribution in [0.25, 0.3) is 0 Å². The van der Waals surface area contributed by atoms with Crippen LogP contribution < -0.4 is 0 Å². The van der Waals surface area contributed by atoms with Gasteiger partial charge in [-0.15, -0.1) is 0 Å². The van der Waals surface area contributed by atoms with E-state index in [1.165, 1.54) is 32.1 Å². The first kappa shape index (κ1) is 12.2. The Bertz CT molecular complexity index is 112. The van der Waals surface area contributed by atoms with Crippen molar-refractivity contribution in [2.24, 2.45) is 0 Å². The van der Waals surface area contributed by atoms with Crippen LogP contribution in [0.1, 0.15) is 52.4 Å². The number of unbranched alkanes of at least 4 members (excludes halogenated alkanes) is 4. The average molecular weight is 235 g/mol. The SMILES string of the molecule is CCCCCCCC(=[Se])OCC. The molecule has 0 N–H and O–H groups in total. The average Bonchev–Trinajstić information content (AvgIpc) is 2.05. The van der Waals surface area contributed by atoms with Crippen molar-refractivity contribution in [2.45, 2.75) is 52.4 Å². The predicted molar refractivity (Wildman–Crippen MR) is 55.8 cm³/mol. The maximum atomic E-state index is 5.31. The van der Waals surface area contributed by atoms with E-state index in [2.05, 4.69) is 22.5 Å². The van der Waals surface area contributed by atoms with Gasteiger partial charge in [-0.2, -0.15) is 0 Å². The summed E-state index contributed by atoms with van der Waals surface area (Å²) in [7, 11) is 0. The molecule has 0 aromatic heterocycles. The summed E-state index contributed by atoms with van der Waals surface area (Å²) in [5.41, 5.74) is 0. The molecule has 1 nitrogen and oxygen atoms in total. The van der Waals surface area contributed by atoms with Crippen molar-refractivity contribution < 1.29 is 4.74 Å². The molecular formula is C10H20OSe. The van der Waals surface area contributed by atoms with E-state index in [9.17, 15) is 0 Å². The molecule has 0 radical (unpaired) electrons. The molecule has 0 rings (SSSR count). The summed E-state index contributed by atoms with van der Waals surface area (Å²) in [5.74, 6) is 0. The molecule has 0 bridgehead atoms. The van der Waals surface area contributed by atoms with Gasteiger partial charge in [-0.25, -0.2) is 0 Å². The fourth-order valence-corrected chi connectivity index (χ4v) is 1.66. The Morgan fingerprint density at radius 3 is 2.33 bits per heavy atom. The fraction of sp³-hybridized carbons (Fsp3) is 0.900. The van der Waals surface area contributed by atoms with Crippen LogP contribution in [0.4, 0.5) is 0 Å². The molecule has 0 unspecified atom stereocenters. The molecule has 0 aliphatic rings. The summed E-state index contributed by atoms with van der Waals surface area (Å²) in [5, 5.41) is 0. The van der Waals surface area contributed by atoms with Crippen LogP contribution in [-0.2, 0) is 4.74 Å². The molecule has 0 fully saturated rings. The summed E-state index contributed by atoms with van der Waals surface area (Å²) in [4.78, 5) is 0. The number of hydrogen-bond acceptors (Lipinski definition) is 1. The van der Waals surface area contributed by atoms with E-state index >= 15 is 0 Å². The molecule has 0 saturated carbocycles. The molecule has 0 spiro atoms. The Kier molecular flexibility index (Phi) is 9.43. The normalized spacial score (nSPS) is 9.83. The van der Waals surface area contributed by atoms with Gasteiger partial charge in [0.2, 0.25) is 0 Å². The summed E-state index contributed by atoms with van der Waals surface area (Å²) in [6, 6.07) is 0. The molecule has 0 aromatic carbocycles. The maximum absolute atomic E-state index is 5.31. The van der Waals surface area contributed by atoms with Crippen LogP contribution in [0, 0.1) is 0 Å². The van der Waals surface area contributed by atoms with Gasteiger partial charge in [0, 0.05) is 0 Å². The van der Waals surface area contributed by atoms with Crippen LogP contribution in [0.3, 0.4) is 0 Å². The molecule has 0 heterocycles. The second kappa shape index (κ2) is 9.28. The molecule has 72 valence electrons. The monoisotopic (exact) mass is 236 g/mol. The van der Waals surface area contributed by atoms with E-state index in [1.807, 2.05) is 6.92 Å². The van der Waals surface area contributed by atoms with Crippen molar-refractivity contribution >= 4 is 20.2 Å². The Balaban J connectivity index is 3.03. The van der Waals surface area contributed by atoms with Gasteiger partial charge in [-0.05, 0) is 0 Å². The third kappa shape index (κ3) is 8.29. The summed E-state index contributed by atoms with van der Waals surface area (Å²) < 4.78 is 6.39. The molecule has 0 aliphatic heterocycles. The van der Waals surface area contributed by atoms with E-state index in [1.54, 1.807) is 0 Å². The zero-order chi connectivity index (χ0) is 9.23. The second-order valence-electron chi connectivity index (χ2n) is 2.97. The van der Waals surface area contributed by atoms with E-state index in [-0.39, 0.29) is 0 Å². The summed E-state index contributed by atoms with van der Waals surface area (Å²) in [6.07, 6.45) is 7.76. The molecule has 0 saturated heterocycles. The van der Waals surface area contributed by atoms with Gasteiger partial charge in [0.1, 0.15) is 0 Å². The fourth-order valence-electron chi connectivity index (χ4n) is 1.11. The van der Waals surface area contributed by atoms with Gasteiger partial charge in [0.25, 0.3) is 0 Å². The van der Waals surface area contributed by atoms with Gasteiger partial charge in [-0.1, -0.05) is 0 Å². The minimum atomic E-state index is 0.789. The van der Waals surface area contributed by atoms with Crippen LogP contribution in [0.2, 0.25) is 0 Å². The minimum absolute atomic E-state index is 0.789. The zero-order valence-electron chi connectivity index (χ0n) is 8.27. The quantitative estimate of drug-likeness (QED) is 0.464. The van der Waals surface area contributed by atoms with Crippen LogP contribution in [0.15, 0.2) is 0 Å². The van der Waals surface area contributed by atoms with Gasteiger partial charge < -0.3 is 0 Å². The van der Waals surface area contributed by atoms with Crippen molar-refractivity contribution in [3.63, 3.8) is 0 Å². The third-order valence-electron chi connectivity index (χ3n) is 1.79. The Morgan fingerprint density at radius 1 is 1.08 bits per heavy atom. The van der Waals surface area contributed by atoms with Crippen molar-refractivity contribution in [2.75, 3.05) is 6.61 Å². The van der Waals surface area contributed by atoms with Crippen molar-refractivity contribution in [1.29, 1.82) is 0 Å². The van der Waals surface area contributed by atoms with Crippen LogP contribution in [0.5, 0.6) is 0 Å². The van der Waals surface area contributed by atoms with Gasteiger partial charge in [-0.3, -0.25) is 0 Å². The van der Waals surface area contributed by atoms with Crippen molar-refractivity contribution in [3.8, 4) is 0 Å². The number of rotatable bonds is 8. The van der Waals surface area contributed by atoms with Gasteiger partial charge in [0.15, 0.2) is 0 Å². The first-order valence-corrected chi connectivity index (χ1v) is 5.82. The topological polar surface area (TPSA) is 9.23 Å². The van der Waals surface area contributed by atoms with E-state index in [0.29, 0.717) is 0 Å². The first-order valence-electron chi connectivity index (χ1n) is 4.96. The van der Waals surface area contributed by atoms with Crippen molar-refractivity contribution in [3.05, 3.63) is 0 Å². The second-order valence-corrected chi connectivity index (χ2v) is 3.92. The Hall–Kier alpha value is 0.189. The van der Waals surface area contributed by atoms with Gasteiger partial charge >= 0.3 is 83.9 Å². The zero-order valence-corrected chi connectivity index (χ0v) is 9.98. The van der Waals surface area contributed by atoms with Crippen molar-refractivity contribution in [1.82, 2.24) is 0 Å². The summed E-state index contributed by atoms with van der Waals surface area (Å²) >= 11 is 2.96. The molecule has 0 aromatic rings. The Labute approximate surface area is 84.2 Å².